The van der Waals surface area contributed by atoms with E-state index in [2.05, 4.69) is 26.2 Å². The predicted octanol–water partition coefficient (Wildman–Crippen LogP) is 3.71. The highest BCUT2D eigenvalue weighted by Crippen LogP contribution is 2.19. The molecule has 1 aromatic heterocycles. The van der Waals surface area contributed by atoms with Gasteiger partial charge < -0.3 is 10.1 Å². The number of aromatic nitrogens is 1. The average Bonchev–Trinajstić information content (AvgIpc) is 2.80. The Labute approximate surface area is 140 Å². The minimum atomic E-state index is -0.891. The zero-order valence-corrected chi connectivity index (χ0v) is 14.7. The summed E-state index contributed by atoms with van der Waals surface area (Å²) in [5, 5.41) is 3.48. The van der Waals surface area contributed by atoms with Gasteiger partial charge in [0, 0.05) is 10.2 Å². The van der Waals surface area contributed by atoms with E-state index in [9.17, 15) is 9.59 Å². The summed E-state index contributed by atoms with van der Waals surface area (Å²) >= 11 is 4.58. The molecular weight excluding hydrogens is 368 g/mol. The molecule has 1 N–H and O–H groups in total. The number of rotatable bonds is 4. The van der Waals surface area contributed by atoms with Gasteiger partial charge in [-0.15, -0.1) is 11.3 Å². The van der Waals surface area contributed by atoms with Gasteiger partial charge in [-0.2, -0.15) is 0 Å². The first kappa shape index (κ1) is 16.6. The normalized spacial score (nSPS) is 11.8. The number of halogens is 1. The van der Waals surface area contributed by atoms with Gasteiger partial charge in [-0.05, 0) is 45.0 Å². The summed E-state index contributed by atoms with van der Waals surface area (Å²) in [6.45, 7) is 5.10. The number of aryl methyl sites for hydroxylation is 2. The van der Waals surface area contributed by atoms with E-state index >= 15 is 0 Å². The zero-order chi connectivity index (χ0) is 16.3. The number of carbonyl (C=O) groups is 2. The number of thiazole rings is 1. The second-order valence-electron chi connectivity index (χ2n) is 4.69. The van der Waals surface area contributed by atoms with E-state index in [1.165, 1.54) is 18.3 Å². The van der Waals surface area contributed by atoms with Crippen molar-refractivity contribution in [3.63, 3.8) is 0 Å². The summed E-state index contributed by atoms with van der Waals surface area (Å²) in [5.74, 6) is -0.906. The van der Waals surface area contributed by atoms with Crippen LogP contribution in [0.2, 0.25) is 0 Å². The van der Waals surface area contributed by atoms with E-state index in [1.54, 1.807) is 19.1 Å². The number of esters is 1. The van der Waals surface area contributed by atoms with Crippen LogP contribution in [0, 0.1) is 13.8 Å². The van der Waals surface area contributed by atoms with Gasteiger partial charge in [-0.25, -0.2) is 9.78 Å². The smallest absolute Gasteiger partial charge is 0.351 e. The number of amides is 1. The molecule has 1 heterocycles. The fourth-order valence-corrected chi connectivity index (χ4v) is 2.83. The molecule has 0 aliphatic rings. The number of ether oxygens (including phenoxy) is 1. The Morgan fingerprint density at radius 2 is 1.91 bits per heavy atom. The topological polar surface area (TPSA) is 68.3 Å². The van der Waals surface area contributed by atoms with Gasteiger partial charge in [-0.3, -0.25) is 4.79 Å². The summed E-state index contributed by atoms with van der Waals surface area (Å²) in [7, 11) is 0. The Kier molecular flexibility index (Phi) is 5.31. The third kappa shape index (κ3) is 4.14. The second kappa shape index (κ2) is 7.02. The molecule has 0 spiro atoms. The molecule has 7 heteroatoms. The van der Waals surface area contributed by atoms with Gasteiger partial charge in [0.2, 0.25) is 0 Å². The Hall–Kier alpha value is -1.73. The van der Waals surface area contributed by atoms with Crippen LogP contribution in [0.4, 0.5) is 5.69 Å². The summed E-state index contributed by atoms with van der Waals surface area (Å²) in [5.41, 5.74) is 1.26. The monoisotopic (exact) mass is 382 g/mol. The minimum Gasteiger partial charge on any atom is -0.448 e. The Bertz CT molecular complexity index is 697. The van der Waals surface area contributed by atoms with Crippen molar-refractivity contribution in [1.29, 1.82) is 0 Å². The number of carbonyl (C=O) groups excluding carboxylic acids is 2. The first-order chi connectivity index (χ1) is 10.4. The lowest BCUT2D eigenvalue weighted by Crippen LogP contribution is -2.29. The Morgan fingerprint density at radius 1 is 1.27 bits per heavy atom. The van der Waals surface area contributed by atoms with Crippen molar-refractivity contribution < 1.29 is 14.3 Å². The van der Waals surface area contributed by atoms with Crippen LogP contribution in [0.5, 0.6) is 0 Å². The lowest BCUT2D eigenvalue weighted by atomic mass is 10.3. The number of nitrogens with one attached hydrogen (secondary N) is 1. The number of benzene rings is 1. The average molecular weight is 383 g/mol. The number of hydrogen-bond acceptors (Lipinski definition) is 5. The van der Waals surface area contributed by atoms with Crippen LogP contribution >= 0.6 is 27.3 Å². The molecule has 5 nitrogen and oxygen atoms in total. The highest BCUT2D eigenvalue weighted by Gasteiger charge is 2.22. The molecule has 0 unspecified atom stereocenters. The molecule has 0 fully saturated rings. The van der Waals surface area contributed by atoms with Crippen molar-refractivity contribution in [2.24, 2.45) is 0 Å². The van der Waals surface area contributed by atoms with Crippen molar-refractivity contribution in [3.8, 4) is 0 Å². The minimum absolute atomic E-state index is 0.380. The van der Waals surface area contributed by atoms with Gasteiger partial charge in [0.05, 0.1) is 10.7 Å². The Morgan fingerprint density at radius 3 is 2.45 bits per heavy atom. The molecule has 1 aromatic carbocycles. The van der Waals surface area contributed by atoms with E-state index < -0.39 is 12.1 Å². The highest BCUT2D eigenvalue weighted by atomic mass is 79.9. The molecule has 0 aliphatic heterocycles. The van der Waals surface area contributed by atoms with Crippen LogP contribution in [0.1, 0.15) is 27.3 Å². The molecule has 116 valence electrons. The van der Waals surface area contributed by atoms with Gasteiger partial charge in [0.15, 0.2) is 6.10 Å². The first-order valence-electron chi connectivity index (χ1n) is 6.58. The lowest BCUT2D eigenvalue weighted by molar-refractivity contribution is -0.123. The fraction of sp³-hybridized carbons (Fsp3) is 0.267. The zero-order valence-electron chi connectivity index (χ0n) is 12.3. The summed E-state index contributed by atoms with van der Waals surface area (Å²) < 4.78 is 6.12. The van der Waals surface area contributed by atoms with Crippen molar-refractivity contribution >= 4 is 44.8 Å². The largest absolute Gasteiger partial charge is 0.448 e. The third-order valence-corrected chi connectivity index (χ3v) is 4.44. The standard InChI is InChI=1S/C15H15BrN2O3S/c1-8-13(22-10(3)17-8)15(20)21-9(2)14(19)18-12-6-4-11(16)5-7-12/h4-7,9H,1-3H3,(H,18,19)/t9-/m0/s1. The van der Waals surface area contributed by atoms with Crippen LogP contribution in [-0.2, 0) is 9.53 Å². The maximum atomic E-state index is 12.1. The molecular formula is C15H15BrN2O3S. The molecule has 0 aliphatic carbocycles. The molecule has 2 aromatic rings. The number of nitrogens with zero attached hydrogens (tertiary/aromatic N) is 1. The molecule has 1 atom stereocenters. The van der Waals surface area contributed by atoms with Crippen LogP contribution < -0.4 is 5.32 Å². The quantitative estimate of drug-likeness (QED) is 0.818. The van der Waals surface area contributed by atoms with Crippen molar-refractivity contribution in [3.05, 3.63) is 44.3 Å². The molecule has 0 saturated heterocycles. The summed E-state index contributed by atoms with van der Waals surface area (Å²) in [6, 6.07) is 7.14. The van der Waals surface area contributed by atoms with Crippen LogP contribution in [0.15, 0.2) is 28.7 Å². The summed E-state index contributed by atoms with van der Waals surface area (Å²) in [6.07, 6.45) is -0.891. The van der Waals surface area contributed by atoms with Gasteiger partial charge in [0.25, 0.3) is 5.91 Å². The van der Waals surface area contributed by atoms with Crippen LogP contribution in [0.3, 0.4) is 0 Å². The highest BCUT2D eigenvalue weighted by molar-refractivity contribution is 9.10. The molecule has 2 rings (SSSR count). The van der Waals surface area contributed by atoms with E-state index in [-0.39, 0.29) is 5.91 Å². The van der Waals surface area contributed by atoms with E-state index in [0.717, 1.165) is 9.48 Å². The Balaban J connectivity index is 1.97. The van der Waals surface area contributed by atoms with E-state index in [4.69, 9.17) is 4.74 Å². The number of anilines is 1. The van der Waals surface area contributed by atoms with E-state index in [0.29, 0.717) is 16.3 Å². The van der Waals surface area contributed by atoms with Crippen molar-refractivity contribution in [2.75, 3.05) is 5.32 Å². The SMILES string of the molecule is Cc1nc(C)c(C(=O)O[C@@H](C)C(=O)Nc2ccc(Br)cc2)s1. The maximum absolute atomic E-state index is 12.1. The molecule has 0 saturated carbocycles. The molecule has 0 radical (unpaired) electrons. The van der Waals surface area contributed by atoms with Gasteiger partial charge >= 0.3 is 5.97 Å². The molecule has 0 bridgehead atoms. The fourth-order valence-electron chi connectivity index (χ4n) is 1.77. The maximum Gasteiger partial charge on any atom is 0.351 e. The third-order valence-electron chi connectivity index (χ3n) is 2.85. The first-order valence-corrected chi connectivity index (χ1v) is 8.19. The molecule has 1 amide bonds. The second-order valence-corrected chi connectivity index (χ2v) is 6.81. The molecule has 22 heavy (non-hydrogen) atoms. The number of hydrogen-bond donors (Lipinski definition) is 1. The van der Waals surface area contributed by atoms with Crippen LogP contribution in [0.25, 0.3) is 0 Å². The van der Waals surface area contributed by atoms with Gasteiger partial charge in [-0.1, -0.05) is 15.9 Å². The van der Waals surface area contributed by atoms with Crippen LogP contribution in [-0.4, -0.2) is 23.0 Å². The van der Waals surface area contributed by atoms with Crippen molar-refractivity contribution in [2.45, 2.75) is 26.9 Å². The van der Waals surface area contributed by atoms with Crippen molar-refractivity contribution in [1.82, 2.24) is 4.98 Å². The lowest BCUT2D eigenvalue weighted by Gasteiger charge is -2.13. The van der Waals surface area contributed by atoms with Gasteiger partial charge in [0.1, 0.15) is 4.88 Å². The predicted molar refractivity (Wildman–Crippen MR) is 89.2 cm³/mol. The summed E-state index contributed by atoms with van der Waals surface area (Å²) in [4.78, 5) is 28.7. The van der Waals surface area contributed by atoms with E-state index in [1.807, 2.05) is 19.1 Å².